The van der Waals surface area contributed by atoms with E-state index in [1.165, 1.54) is 6.42 Å². The minimum atomic E-state index is -0.0946. The maximum Gasteiger partial charge on any atom is 0.260 e. The minimum Gasteiger partial charge on any atom is -0.484 e. The first-order chi connectivity index (χ1) is 12.2. The molecule has 1 aromatic rings. The zero-order chi connectivity index (χ0) is 17.5. The minimum absolute atomic E-state index is 0.0281. The van der Waals surface area contributed by atoms with Gasteiger partial charge >= 0.3 is 0 Å². The summed E-state index contributed by atoms with van der Waals surface area (Å²) in [5.74, 6) is 0.946. The fraction of sp³-hybridized carbons (Fsp3) is 0.579. The van der Waals surface area contributed by atoms with Crippen LogP contribution in [0.25, 0.3) is 0 Å². The number of amides is 2. The quantitative estimate of drug-likeness (QED) is 0.853. The van der Waals surface area contributed by atoms with Crippen molar-refractivity contribution in [3.8, 4) is 5.75 Å². The Morgan fingerprint density at radius 1 is 1.16 bits per heavy atom. The molecule has 0 aliphatic carbocycles. The van der Waals surface area contributed by atoms with Crippen LogP contribution in [0.4, 0.5) is 0 Å². The summed E-state index contributed by atoms with van der Waals surface area (Å²) in [5.41, 5.74) is 0.591. The zero-order valence-electron chi connectivity index (χ0n) is 14.5. The molecule has 0 radical (unpaired) electrons. The van der Waals surface area contributed by atoms with Crippen LogP contribution in [0.15, 0.2) is 24.3 Å². The Morgan fingerprint density at radius 2 is 1.92 bits per heavy atom. The molecule has 0 spiro atoms. The molecule has 6 heteroatoms. The molecule has 2 heterocycles. The van der Waals surface area contributed by atoms with E-state index in [0.29, 0.717) is 23.8 Å². The second-order valence-corrected chi connectivity index (χ2v) is 6.69. The van der Waals surface area contributed by atoms with E-state index in [4.69, 9.17) is 9.47 Å². The molecule has 1 N–H and O–H groups in total. The normalized spacial score (nSPS) is 20.3. The van der Waals surface area contributed by atoms with Crippen LogP contribution in [0.3, 0.4) is 0 Å². The van der Waals surface area contributed by atoms with E-state index in [0.717, 1.165) is 45.6 Å². The molecule has 2 fully saturated rings. The van der Waals surface area contributed by atoms with Gasteiger partial charge in [0.05, 0.1) is 6.61 Å². The number of carbonyl (C=O) groups is 2. The van der Waals surface area contributed by atoms with Crippen molar-refractivity contribution in [2.24, 2.45) is 5.92 Å². The molecular formula is C19H26N2O4. The molecule has 1 aromatic carbocycles. The first-order valence-corrected chi connectivity index (χ1v) is 9.09. The molecule has 6 nitrogen and oxygen atoms in total. The van der Waals surface area contributed by atoms with Gasteiger partial charge in [0.2, 0.25) is 0 Å². The molecule has 3 rings (SSSR count). The highest BCUT2D eigenvalue weighted by Gasteiger charge is 2.18. The summed E-state index contributed by atoms with van der Waals surface area (Å²) in [6.45, 7) is 3.84. The summed E-state index contributed by atoms with van der Waals surface area (Å²) in [5, 5.41) is 2.93. The van der Waals surface area contributed by atoms with Crippen LogP contribution in [-0.2, 0) is 9.53 Å². The fourth-order valence-corrected chi connectivity index (χ4v) is 3.17. The Kier molecular flexibility index (Phi) is 6.28. The first-order valence-electron chi connectivity index (χ1n) is 9.09. The molecule has 136 valence electrons. The molecule has 0 saturated carbocycles. The number of hydrogen-bond acceptors (Lipinski definition) is 4. The number of nitrogens with zero attached hydrogens (tertiary/aromatic N) is 1. The van der Waals surface area contributed by atoms with E-state index >= 15 is 0 Å². The number of hydrogen-bond donors (Lipinski definition) is 1. The van der Waals surface area contributed by atoms with Gasteiger partial charge in [0, 0.05) is 37.7 Å². The number of ether oxygens (including phenoxy) is 2. The van der Waals surface area contributed by atoms with Gasteiger partial charge in [0.1, 0.15) is 5.75 Å². The van der Waals surface area contributed by atoms with Crippen LogP contribution < -0.4 is 10.1 Å². The predicted octanol–water partition coefficient (Wildman–Crippen LogP) is 1.84. The molecule has 2 saturated heterocycles. The van der Waals surface area contributed by atoms with E-state index in [1.54, 1.807) is 24.3 Å². The highest BCUT2D eigenvalue weighted by atomic mass is 16.5. The van der Waals surface area contributed by atoms with Crippen molar-refractivity contribution in [1.82, 2.24) is 10.2 Å². The average molecular weight is 346 g/mol. The summed E-state index contributed by atoms with van der Waals surface area (Å²) in [7, 11) is 0. The number of rotatable bonds is 6. The summed E-state index contributed by atoms with van der Waals surface area (Å²) in [4.78, 5) is 26.1. The lowest BCUT2D eigenvalue weighted by atomic mass is 10.1. The lowest BCUT2D eigenvalue weighted by Gasteiger charge is -2.26. The van der Waals surface area contributed by atoms with Crippen LogP contribution in [0.2, 0.25) is 0 Å². The van der Waals surface area contributed by atoms with E-state index in [2.05, 4.69) is 5.32 Å². The third-order valence-corrected chi connectivity index (χ3v) is 4.76. The maximum absolute atomic E-state index is 12.1. The van der Waals surface area contributed by atoms with Crippen molar-refractivity contribution in [1.29, 1.82) is 0 Å². The Hall–Kier alpha value is -2.08. The maximum atomic E-state index is 12.1. The van der Waals surface area contributed by atoms with Crippen LogP contribution >= 0.6 is 0 Å². The van der Waals surface area contributed by atoms with Gasteiger partial charge in [0.15, 0.2) is 6.61 Å². The van der Waals surface area contributed by atoms with Crippen molar-refractivity contribution in [3.63, 3.8) is 0 Å². The standard InChI is InChI=1S/C19H26N2O4/c22-18(21-9-2-1-3-10-21)14-25-17-6-4-16(5-7-17)19(23)20-12-15-8-11-24-13-15/h4-7,15H,1-3,8-14H2,(H,20,23)/t15-/m0/s1. The Morgan fingerprint density at radius 3 is 2.60 bits per heavy atom. The van der Waals surface area contributed by atoms with E-state index in [9.17, 15) is 9.59 Å². The van der Waals surface area contributed by atoms with Gasteiger partial charge in [-0.15, -0.1) is 0 Å². The fourth-order valence-electron chi connectivity index (χ4n) is 3.17. The molecule has 2 aliphatic rings. The summed E-state index contributed by atoms with van der Waals surface area (Å²) in [6.07, 6.45) is 4.34. The Labute approximate surface area is 148 Å². The summed E-state index contributed by atoms with van der Waals surface area (Å²) >= 11 is 0. The van der Waals surface area contributed by atoms with Gasteiger partial charge in [-0.2, -0.15) is 0 Å². The van der Waals surface area contributed by atoms with Gasteiger partial charge in [-0.25, -0.2) is 0 Å². The predicted molar refractivity (Wildman–Crippen MR) is 93.6 cm³/mol. The Balaban J connectivity index is 1.43. The van der Waals surface area contributed by atoms with Crippen molar-refractivity contribution in [2.75, 3.05) is 39.5 Å². The van der Waals surface area contributed by atoms with E-state index in [1.807, 2.05) is 4.90 Å². The average Bonchev–Trinajstić information content (AvgIpc) is 3.19. The van der Waals surface area contributed by atoms with E-state index in [-0.39, 0.29) is 18.4 Å². The summed E-state index contributed by atoms with van der Waals surface area (Å²) < 4.78 is 10.9. The molecule has 2 aliphatic heterocycles. The largest absolute Gasteiger partial charge is 0.484 e. The molecule has 0 unspecified atom stereocenters. The number of likely N-dealkylation sites (tertiary alicyclic amines) is 1. The molecular weight excluding hydrogens is 320 g/mol. The number of piperidine rings is 1. The third kappa shape index (κ3) is 5.19. The van der Waals surface area contributed by atoms with Gasteiger partial charge in [-0.05, 0) is 49.9 Å². The van der Waals surface area contributed by atoms with Crippen LogP contribution in [0.1, 0.15) is 36.0 Å². The highest BCUT2D eigenvalue weighted by molar-refractivity contribution is 5.94. The summed E-state index contributed by atoms with van der Waals surface area (Å²) in [6, 6.07) is 6.91. The number of nitrogens with one attached hydrogen (secondary N) is 1. The topological polar surface area (TPSA) is 67.9 Å². The second kappa shape index (κ2) is 8.85. The molecule has 25 heavy (non-hydrogen) atoms. The lowest BCUT2D eigenvalue weighted by molar-refractivity contribution is -0.134. The number of carbonyl (C=O) groups excluding carboxylic acids is 2. The first kappa shape index (κ1) is 17.7. The SMILES string of the molecule is O=C(NC[C@@H]1CCOC1)c1ccc(OCC(=O)N2CCCCC2)cc1. The van der Waals surface area contributed by atoms with Gasteiger partial charge in [-0.3, -0.25) is 9.59 Å². The molecule has 2 amide bonds. The second-order valence-electron chi connectivity index (χ2n) is 6.69. The van der Waals surface area contributed by atoms with Gasteiger partial charge in [0.25, 0.3) is 11.8 Å². The van der Waals surface area contributed by atoms with Crippen LogP contribution in [-0.4, -0.2) is 56.2 Å². The van der Waals surface area contributed by atoms with Crippen LogP contribution in [0.5, 0.6) is 5.75 Å². The smallest absolute Gasteiger partial charge is 0.260 e. The van der Waals surface area contributed by atoms with Crippen molar-refractivity contribution >= 4 is 11.8 Å². The monoisotopic (exact) mass is 346 g/mol. The third-order valence-electron chi connectivity index (χ3n) is 4.76. The molecule has 1 atom stereocenters. The highest BCUT2D eigenvalue weighted by Crippen LogP contribution is 2.15. The van der Waals surface area contributed by atoms with Crippen molar-refractivity contribution in [2.45, 2.75) is 25.7 Å². The van der Waals surface area contributed by atoms with Gasteiger partial charge in [-0.1, -0.05) is 0 Å². The Bertz CT molecular complexity index is 576. The van der Waals surface area contributed by atoms with Crippen molar-refractivity contribution < 1.29 is 19.1 Å². The van der Waals surface area contributed by atoms with Crippen molar-refractivity contribution in [3.05, 3.63) is 29.8 Å². The molecule has 0 aromatic heterocycles. The van der Waals surface area contributed by atoms with Crippen LogP contribution in [0, 0.1) is 5.92 Å². The van der Waals surface area contributed by atoms with E-state index < -0.39 is 0 Å². The zero-order valence-corrected chi connectivity index (χ0v) is 14.5. The molecule has 0 bridgehead atoms. The number of benzene rings is 1. The van der Waals surface area contributed by atoms with Gasteiger partial charge < -0.3 is 19.7 Å². The lowest BCUT2D eigenvalue weighted by Crippen LogP contribution is -2.38.